The van der Waals surface area contributed by atoms with E-state index in [1.54, 1.807) is 23.5 Å². The number of non-ortho nitro benzene ring substituents is 1. The van der Waals surface area contributed by atoms with Crippen LogP contribution in [-0.4, -0.2) is 4.92 Å². The summed E-state index contributed by atoms with van der Waals surface area (Å²) in [5.41, 5.74) is 2.24. The Labute approximate surface area is 117 Å². The largest absolute Gasteiger partial charge is 0.270 e. The second-order valence-electron chi connectivity index (χ2n) is 4.58. The van der Waals surface area contributed by atoms with Crippen LogP contribution in [-0.2, 0) is 0 Å². The Morgan fingerprint density at radius 3 is 2.70 bits per heavy atom. The predicted molar refractivity (Wildman–Crippen MR) is 79.1 cm³/mol. The summed E-state index contributed by atoms with van der Waals surface area (Å²) in [5.74, 6) is 0. The molecule has 0 atom stereocenters. The van der Waals surface area contributed by atoms with E-state index in [1.807, 2.05) is 30.3 Å². The van der Waals surface area contributed by atoms with Crippen LogP contribution in [0.25, 0.3) is 25.9 Å². The fourth-order valence-electron chi connectivity index (χ4n) is 2.52. The van der Waals surface area contributed by atoms with E-state index < -0.39 is 0 Å². The van der Waals surface area contributed by atoms with Gasteiger partial charge in [-0.25, -0.2) is 0 Å². The molecule has 4 rings (SSSR count). The van der Waals surface area contributed by atoms with Crippen LogP contribution in [0, 0.1) is 10.1 Å². The van der Waals surface area contributed by atoms with Crippen molar-refractivity contribution in [3.63, 3.8) is 0 Å². The average Bonchev–Trinajstić information content (AvgIpc) is 2.85. The number of nitro groups is 1. The molecule has 4 aromatic rings. The summed E-state index contributed by atoms with van der Waals surface area (Å²) in [6, 6.07) is 17.1. The molecule has 4 nitrogen and oxygen atoms in total. The third-order valence-corrected chi connectivity index (χ3v) is 4.50. The van der Waals surface area contributed by atoms with Gasteiger partial charge in [0.05, 0.1) is 10.3 Å². The molecule has 0 radical (unpaired) electrons. The van der Waals surface area contributed by atoms with Gasteiger partial charge in [-0.3, -0.25) is 10.1 Å². The van der Waals surface area contributed by atoms with Gasteiger partial charge in [0.15, 0.2) is 0 Å². The van der Waals surface area contributed by atoms with Crippen molar-refractivity contribution in [3.05, 3.63) is 64.7 Å². The molecule has 0 aliphatic rings. The molecule has 0 unspecified atom stereocenters. The van der Waals surface area contributed by atoms with E-state index in [0.717, 1.165) is 21.3 Å². The molecule has 0 bridgehead atoms. The molecule has 2 aromatic carbocycles. The van der Waals surface area contributed by atoms with E-state index >= 15 is 0 Å². The summed E-state index contributed by atoms with van der Waals surface area (Å²) in [6.07, 6.45) is 0. The van der Waals surface area contributed by atoms with E-state index in [1.165, 1.54) is 4.70 Å². The van der Waals surface area contributed by atoms with Crippen molar-refractivity contribution >= 4 is 43.0 Å². The smallest absolute Gasteiger partial charge is 0.258 e. The molecule has 96 valence electrons. The fourth-order valence-corrected chi connectivity index (χ4v) is 3.58. The SMILES string of the molecule is O=[N+]([O-])c1ccc2c(ccc3sc4ccccc4[n+]32)c1. The molecule has 0 N–H and O–H groups in total. The van der Waals surface area contributed by atoms with Crippen LogP contribution in [0.4, 0.5) is 5.69 Å². The molecular weight excluding hydrogens is 272 g/mol. The summed E-state index contributed by atoms with van der Waals surface area (Å²) in [4.78, 5) is 11.6. The van der Waals surface area contributed by atoms with Crippen LogP contribution in [0.2, 0.25) is 0 Å². The summed E-state index contributed by atoms with van der Waals surface area (Å²) < 4.78 is 3.36. The van der Waals surface area contributed by atoms with Gasteiger partial charge in [0.1, 0.15) is 4.70 Å². The number of para-hydroxylation sites is 1. The number of hydrogen-bond acceptors (Lipinski definition) is 3. The van der Waals surface area contributed by atoms with Gasteiger partial charge >= 0.3 is 0 Å². The maximum atomic E-state index is 10.9. The summed E-state index contributed by atoms with van der Waals surface area (Å²) >= 11 is 1.72. The van der Waals surface area contributed by atoms with Crippen LogP contribution >= 0.6 is 11.3 Å². The van der Waals surface area contributed by atoms with Crippen LogP contribution in [0.15, 0.2) is 54.6 Å². The van der Waals surface area contributed by atoms with Gasteiger partial charge in [0.25, 0.3) is 10.5 Å². The van der Waals surface area contributed by atoms with Gasteiger partial charge in [-0.05, 0) is 12.1 Å². The third kappa shape index (κ3) is 1.50. The molecule has 20 heavy (non-hydrogen) atoms. The van der Waals surface area contributed by atoms with E-state index in [0.29, 0.717) is 0 Å². The maximum Gasteiger partial charge on any atom is 0.270 e. The number of nitrogens with zero attached hydrogens (tertiary/aromatic N) is 2. The van der Waals surface area contributed by atoms with Crippen molar-refractivity contribution in [2.45, 2.75) is 0 Å². The zero-order valence-corrected chi connectivity index (χ0v) is 11.1. The van der Waals surface area contributed by atoms with Crippen LogP contribution < -0.4 is 4.40 Å². The average molecular weight is 281 g/mol. The minimum absolute atomic E-state index is 0.122. The minimum atomic E-state index is -0.361. The highest BCUT2D eigenvalue weighted by Gasteiger charge is 2.18. The van der Waals surface area contributed by atoms with E-state index in [2.05, 4.69) is 16.5 Å². The molecule has 2 aromatic heterocycles. The topological polar surface area (TPSA) is 47.2 Å². The Hall–Kier alpha value is -2.53. The third-order valence-electron chi connectivity index (χ3n) is 3.41. The Morgan fingerprint density at radius 2 is 1.85 bits per heavy atom. The summed E-state index contributed by atoms with van der Waals surface area (Å²) in [7, 11) is 0. The lowest BCUT2D eigenvalue weighted by Gasteiger charge is -1.95. The lowest BCUT2D eigenvalue weighted by atomic mass is 10.2. The number of nitro benzene ring substituents is 1. The quantitative estimate of drug-likeness (QED) is 0.303. The fraction of sp³-hybridized carbons (Fsp3) is 0. The van der Waals surface area contributed by atoms with Crippen molar-refractivity contribution in [1.82, 2.24) is 0 Å². The van der Waals surface area contributed by atoms with Gasteiger partial charge in [-0.1, -0.05) is 23.5 Å². The molecule has 0 aliphatic heterocycles. The van der Waals surface area contributed by atoms with E-state index in [9.17, 15) is 10.1 Å². The zero-order chi connectivity index (χ0) is 13.7. The first-order valence-corrected chi connectivity index (χ1v) is 6.96. The first kappa shape index (κ1) is 11.3. The van der Waals surface area contributed by atoms with Crippen molar-refractivity contribution in [2.75, 3.05) is 0 Å². The highest BCUT2D eigenvalue weighted by Crippen LogP contribution is 2.25. The Kier molecular flexibility index (Phi) is 2.25. The first-order chi connectivity index (χ1) is 9.74. The number of aromatic nitrogens is 1. The standard InChI is InChI=1S/C15H9N2O2S/c18-17(19)11-6-7-12-10(9-11)5-8-15-16(12)13-3-1-2-4-14(13)20-15/h1-9H/q+1. The highest BCUT2D eigenvalue weighted by atomic mass is 32.1. The molecule has 0 amide bonds. The minimum Gasteiger partial charge on any atom is -0.258 e. The monoisotopic (exact) mass is 281 g/mol. The Bertz CT molecular complexity index is 991. The Morgan fingerprint density at radius 1 is 1.00 bits per heavy atom. The first-order valence-electron chi connectivity index (χ1n) is 6.14. The normalized spacial score (nSPS) is 11.4. The number of fused-ring (bicyclic) bond motifs is 5. The summed E-state index contributed by atoms with van der Waals surface area (Å²) in [5, 5.41) is 11.7. The molecule has 5 heteroatoms. The highest BCUT2D eigenvalue weighted by molar-refractivity contribution is 7.23. The molecule has 0 saturated carbocycles. The molecule has 0 spiro atoms. The van der Waals surface area contributed by atoms with Crippen molar-refractivity contribution in [3.8, 4) is 0 Å². The van der Waals surface area contributed by atoms with Crippen molar-refractivity contribution < 1.29 is 9.32 Å². The molecule has 0 saturated heterocycles. The second kappa shape index (κ2) is 3.98. The van der Waals surface area contributed by atoms with Gasteiger partial charge in [-0.15, -0.1) is 4.40 Å². The number of thiazole rings is 1. The lowest BCUT2D eigenvalue weighted by Crippen LogP contribution is -2.20. The number of rotatable bonds is 1. The van der Waals surface area contributed by atoms with Gasteiger partial charge in [-0.2, -0.15) is 0 Å². The Balaban J connectivity index is 2.20. The van der Waals surface area contributed by atoms with Crippen LogP contribution in [0.5, 0.6) is 0 Å². The van der Waals surface area contributed by atoms with E-state index in [-0.39, 0.29) is 10.6 Å². The van der Waals surface area contributed by atoms with Gasteiger partial charge in [0.2, 0.25) is 11.0 Å². The lowest BCUT2D eigenvalue weighted by molar-refractivity contribution is -0.446. The summed E-state index contributed by atoms with van der Waals surface area (Å²) in [6.45, 7) is 0. The second-order valence-corrected chi connectivity index (χ2v) is 5.64. The van der Waals surface area contributed by atoms with Crippen LogP contribution in [0.3, 0.4) is 0 Å². The predicted octanol–water partition coefficient (Wildman–Crippen LogP) is 3.70. The zero-order valence-electron chi connectivity index (χ0n) is 10.3. The molecule has 0 fully saturated rings. The number of hydrogen-bond donors (Lipinski definition) is 0. The van der Waals surface area contributed by atoms with Gasteiger partial charge < -0.3 is 0 Å². The maximum absolute atomic E-state index is 10.9. The molecule has 0 aliphatic carbocycles. The molecular formula is C15H9N2O2S+. The van der Waals surface area contributed by atoms with E-state index in [4.69, 9.17) is 0 Å². The van der Waals surface area contributed by atoms with Gasteiger partial charge in [0, 0.05) is 30.3 Å². The number of pyridine rings is 1. The van der Waals surface area contributed by atoms with Crippen LogP contribution in [0.1, 0.15) is 0 Å². The molecule has 2 heterocycles. The van der Waals surface area contributed by atoms with Crippen molar-refractivity contribution in [1.29, 1.82) is 0 Å². The van der Waals surface area contributed by atoms with Crippen molar-refractivity contribution in [2.24, 2.45) is 0 Å². The number of benzene rings is 2.